The van der Waals surface area contributed by atoms with Crippen LogP contribution in [0.5, 0.6) is 0 Å². The summed E-state index contributed by atoms with van der Waals surface area (Å²) in [7, 11) is 5.70. The molecule has 2 bridgehead atoms. The molecular weight excluding hydrogens is 961 g/mol. The molecule has 4 rings (SSSR count). The fourth-order valence-corrected chi connectivity index (χ4v) is 9.72. The first-order valence-corrected chi connectivity index (χ1v) is 26.5. The van der Waals surface area contributed by atoms with Gasteiger partial charge < -0.3 is 55.4 Å². The van der Waals surface area contributed by atoms with Crippen LogP contribution in [-0.4, -0.2) is 184 Å². The quantitative estimate of drug-likeness (QED) is 0.219. The van der Waals surface area contributed by atoms with Crippen LogP contribution in [0.1, 0.15) is 106 Å². The van der Waals surface area contributed by atoms with Crippen LogP contribution in [0.3, 0.4) is 0 Å². The highest BCUT2D eigenvalue weighted by Crippen LogP contribution is 2.27. The van der Waals surface area contributed by atoms with E-state index in [-0.39, 0.29) is 50.6 Å². The lowest BCUT2D eigenvalue weighted by atomic mass is 9.94. The Bertz CT molecular complexity index is 2280. The molecule has 8 amide bonds. The normalized spacial score (nSPS) is 28.2. The summed E-state index contributed by atoms with van der Waals surface area (Å²) in [5, 5.41) is 32.2. The van der Waals surface area contributed by atoms with Crippen molar-refractivity contribution >= 4 is 47.3 Å². The molecule has 12 unspecified atom stereocenters. The fraction of sp³-hybridized carbons (Fsp3) is 0.643. The molecule has 12 atom stereocenters. The number of likely N-dealkylation sites (N-methyl/N-ethyl adjacent to an activating group) is 4. The van der Waals surface area contributed by atoms with Crippen LogP contribution in [-0.2, 0) is 55.9 Å². The number of aliphatic hydroxyl groups is 2. The number of carbonyl (C=O) groups excluding carboxylic acids is 8. The van der Waals surface area contributed by atoms with Crippen LogP contribution in [0, 0.1) is 23.7 Å². The molecule has 2 aromatic carbocycles. The van der Waals surface area contributed by atoms with E-state index in [9.17, 15) is 48.6 Å². The Morgan fingerprint density at radius 2 is 1.12 bits per heavy atom. The Kier molecular flexibility index (Phi) is 22.4. The third-order valence-corrected chi connectivity index (χ3v) is 15.3. The van der Waals surface area contributed by atoms with Gasteiger partial charge in [-0.2, -0.15) is 0 Å². The van der Waals surface area contributed by atoms with Crippen LogP contribution in [0.2, 0.25) is 0 Å². The van der Waals surface area contributed by atoms with Gasteiger partial charge in [0.1, 0.15) is 48.4 Å². The first-order valence-electron chi connectivity index (χ1n) is 26.5. The summed E-state index contributed by atoms with van der Waals surface area (Å²) in [5.41, 5.74) is -0.382. The summed E-state index contributed by atoms with van der Waals surface area (Å²) in [5.74, 6) is -6.58. The monoisotopic (exact) mass is 1050 g/mol. The van der Waals surface area contributed by atoms with Crippen molar-refractivity contribution in [2.24, 2.45) is 23.7 Å². The van der Waals surface area contributed by atoms with Crippen LogP contribution in [0.25, 0.3) is 0 Å². The number of benzene rings is 2. The number of hydrogen-bond donors (Lipinski definition) is 5. The SMILES string of the molecule is CCC(C)C1NC(=O)C2CCN(C2)C(=O)C(Cc2ccccc2)N(C)C(=O)C(Cc2ccccc2)NC(=O)C(C)N(C)C(=O)C(C(C)CC)OC(O)C(C(C)(C)O)N(C)C(=O)C(CC(C)C)NC(=O)C(C)N(C)C1=O. The minimum absolute atomic E-state index is 0.00251. The van der Waals surface area contributed by atoms with Crippen LogP contribution < -0.4 is 16.0 Å². The topological polar surface area (TPSA) is 239 Å². The summed E-state index contributed by atoms with van der Waals surface area (Å²) < 4.78 is 6.18. The van der Waals surface area contributed by atoms with E-state index < -0.39 is 119 Å². The first-order chi connectivity index (χ1) is 35.1. The molecule has 2 aliphatic rings. The van der Waals surface area contributed by atoms with Crippen molar-refractivity contribution in [3.63, 3.8) is 0 Å². The highest BCUT2D eigenvalue weighted by atomic mass is 16.6. The number of carbonyl (C=O) groups is 8. The average molecular weight is 1050 g/mol. The van der Waals surface area contributed by atoms with Crippen LogP contribution >= 0.6 is 0 Å². The first kappa shape index (κ1) is 61.6. The average Bonchev–Trinajstić information content (AvgIpc) is 3.88. The highest BCUT2D eigenvalue weighted by molar-refractivity contribution is 5.96. The van der Waals surface area contributed by atoms with Gasteiger partial charge in [-0.15, -0.1) is 0 Å². The zero-order chi connectivity index (χ0) is 56.2. The van der Waals surface area contributed by atoms with Gasteiger partial charge in [0.25, 0.3) is 5.91 Å². The van der Waals surface area contributed by atoms with Gasteiger partial charge in [0, 0.05) is 54.1 Å². The van der Waals surface area contributed by atoms with Crippen molar-refractivity contribution in [1.29, 1.82) is 0 Å². The molecule has 2 saturated heterocycles. The number of fused-ring (bicyclic) bond motifs is 2. The van der Waals surface area contributed by atoms with E-state index in [2.05, 4.69) is 16.0 Å². The van der Waals surface area contributed by atoms with Crippen molar-refractivity contribution in [1.82, 2.24) is 40.4 Å². The second-order valence-corrected chi connectivity index (χ2v) is 21.9. The maximum Gasteiger partial charge on any atom is 0.252 e. The predicted molar refractivity (Wildman–Crippen MR) is 284 cm³/mol. The number of amides is 8. The second-order valence-electron chi connectivity index (χ2n) is 21.9. The van der Waals surface area contributed by atoms with Gasteiger partial charge in [-0.05, 0) is 69.4 Å². The molecule has 0 spiro atoms. The molecule has 0 radical (unpaired) electrons. The molecule has 416 valence electrons. The third-order valence-electron chi connectivity index (χ3n) is 15.3. The van der Waals surface area contributed by atoms with E-state index in [1.807, 2.05) is 83.1 Å². The summed E-state index contributed by atoms with van der Waals surface area (Å²) >= 11 is 0. The predicted octanol–water partition coefficient (Wildman–Crippen LogP) is 2.75. The largest absolute Gasteiger partial charge is 0.388 e. The standard InChI is InChI=1S/C56H86N8O11/c1-15-34(5)44-53(71)60(11)36(7)47(65)57-41(29-33(3)4)51(69)63(14)46(56(9,10)74)55(73)75-45(35(6)16-2)54(72)61(12)37(8)48(66)58-42(30-38-23-19-17-20-24-38)50(68)62(13)43(31-39-25-21-18-22-26-39)52(70)64-28-27-40(32-64)49(67)59-44/h17-26,33-37,40-46,55,73-74H,15-16,27-32H2,1-14H3,(H,57,65)(H,58,66)(H,59,67). The molecule has 19 heteroatoms. The maximum atomic E-state index is 15.0. The van der Waals surface area contributed by atoms with Crippen LogP contribution in [0.15, 0.2) is 60.7 Å². The second kappa shape index (κ2) is 27.2. The van der Waals surface area contributed by atoms with Gasteiger partial charge >= 0.3 is 0 Å². The van der Waals surface area contributed by atoms with Crippen molar-refractivity contribution in [2.75, 3.05) is 41.3 Å². The molecular formula is C56H86N8O11. The summed E-state index contributed by atoms with van der Waals surface area (Å²) in [6.45, 7) is 16.8. The van der Waals surface area contributed by atoms with E-state index in [1.54, 1.807) is 24.0 Å². The molecule has 5 N–H and O–H groups in total. The van der Waals surface area contributed by atoms with Gasteiger partial charge in [0.15, 0.2) is 6.29 Å². The summed E-state index contributed by atoms with van der Waals surface area (Å²) in [6.07, 6.45) is -1.99. The summed E-state index contributed by atoms with van der Waals surface area (Å²) in [4.78, 5) is 123. The Balaban J connectivity index is 1.86. The number of hydrogen-bond acceptors (Lipinski definition) is 11. The molecule has 0 saturated carbocycles. The van der Waals surface area contributed by atoms with Gasteiger partial charge in [0.05, 0.1) is 11.5 Å². The Hall–Kier alpha value is -5.92. The molecule has 2 fully saturated rings. The molecule has 75 heavy (non-hydrogen) atoms. The fourth-order valence-electron chi connectivity index (χ4n) is 9.72. The zero-order valence-corrected chi connectivity index (χ0v) is 46.7. The van der Waals surface area contributed by atoms with Gasteiger partial charge in [-0.1, -0.05) is 115 Å². The minimum Gasteiger partial charge on any atom is -0.388 e. The van der Waals surface area contributed by atoms with Crippen LogP contribution in [0.4, 0.5) is 0 Å². The molecule has 2 aromatic rings. The number of nitrogens with zero attached hydrogens (tertiary/aromatic N) is 5. The van der Waals surface area contributed by atoms with E-state index in [4.69, 9.17) is 4.74 Å². The lowest BCUT2D eigenvalue weighted by Gasteiger charge is -2.42. The Labute approximate surface area is 444 Å². The molecule has 0 aliphatic carbocycles. The molecule has 2 heterocycles. The smallest absolute Gasteiger partial charge is 0.252 e. The lowest BCUT2D eigenvalue weighted by Crippen LogP contribution is -2.63. The molecule has 2 aliphatic heterocycles. The van der Waals surface area contributed by atoms with Crippen molar-refractivity contribution < 1.29 is 53.3 Å². The maximum absolute atomic E-state index is 15.0. The van der Waals surface area contributed by atoms with Gasteiger partial charge in [-0.3, -0.25) is 38.4 Å². The summed E-state index contributed by atoms with van der Waals surface area (Å²) in [6, 6.07) is 9.77. The van der Waals surface area contributed by atoms with E-state index in [0.717, 1.165) is 15.4 Å². The third kappa shape index (κ3) is 15.8. The Morgan fingerprint density at radius 1 is 0.627 bits per heavy atom. The zero-order valence-electron chi connectivity index (χ0n) is 46.7. The van der Waals surface area contributed by atoms with Crippen molar-refractivity contribution in [3.05, 3.63) is 71.8 Å². The van der Waals surface area contributed by atoms with E-state index >= 15 is 0 Å². The van der Waals surface area contributed by atoms with Crippen molar-refractivity contribution in [2.45, 2.75) is 168 Å². The van der Waals surface area contributed by atoms with Gasteiger partial charge in [0.2, 0.25) is 41.4 Å². The number of rotatable bonds is 11. The van der Waals surface area contributed by atoms with Gasteiger partial charge in [-0.25, -0.2) is 0 Å². The molecule has 19 nitrogen and oxygen atoms in total. The number of nitrogens with one attached hydrogen (secondary N) is 3. The van der Waals surface area contributed by atoms with Crippen molar-refractivity contribution in [3.8, 4) is 0 Å². The lowest BCUT2D eigenvalue weighted by molar-refractivity contribution is -0.217. The van der Waals surface area contributed by atoms with E-state index in [1.165, 1.54) is 65.7 Å². The molecule has 0 aromatic heterocycles. The number of aliphatic hydroxyl groups excluding tert-OH is 1. The van der Waals surface area contributed by atoms with E-state index in [0.29, 0.717) is 18.4 Å². The minimum atomic E-state index is -1.99. The Morgan fingerprint density at radius 3 is 1.63 bits per heavy atom. The number of ether oxygens (including phenoxy) is 1. The highest BCUT2D eigenvalue weighted by Gasteiger charge is 2.46.